The van der Waals surface area contributed by atoms with E-state index in [1.807, 2.05) is 36.4 Å². The van der Waals surface area contributed by atoms with Gasteiger partial charge in [0.25, 0.3) is 0 Å². The van der Waals surface area contributed by atoms with Crippen molar-refractivity contribution in [3.63, 3.8) is 0 Å². The van der Waals surface area contributed by atoms with Crippen LogP contribution >= 0.6 is 0 Å². The topological polar surface area (TPSA) is 220 Å². The third-order valence-corrected chi connectivity index (χ3v) is 7.38. The van der Waals surface area contributed by atoms with Gasteiger partial charge in [-0.2, -0.15) is 0 Å². The van der Waals surface area contributed by atoms with Crippen molar-refractivity contribution in [1.29, 1.82) is 0 Å². The van der Waals surface area contributed by atoms with Crippen LogP contribution in [0.5, 0.6) is 0 Å². The van der Waals surface area contributed by atoms with Gasteiger partial charge in [0.15, 0.2) is 0 Å². The third kappa shape index (κ3) is 12.4. The van der Waals surface area contributed by atoms with E-state index in [0.717, 1.165) is 36.0 Å². The average molecular weight is 695 g/mol. The predicted molar refractivity (Wildman–Crippen MR) is 187 cm³/mol. The summed E-state index contributed by atoms with van der Waals surface area (Å²) >= 11 is 0. The summed E-state index contributed by atoms with van der Waals surface area (Å²) in [5, 5.41) is 37.1. The highest BCUT2D eigenvalue weighted by atomic mass is 16.4. The maximum atomic E-state index is 11.4. The lowest BCUT2D eigenvalue weighted by Gasteiger charge is -2.18. The lowest BCUT2D eigenvalue weighted by Crippen LogP contribution is -2.34. The van der Waals surface area contributed by atoms with Crippen molar-refractivity contribution < 1.29 is 39.6 Å². The number of carboxylic acid groups (broad SMARTS) is 4. The highest BCUT2D eigenvalue weighted by molar-refractivity contribution is 5.76. The maximum absolute atomic E-state index is 11.4. The Morgan fingerprint density at radius 2 is 1.06 bits per heavy atom. The molecule has 0 saturated heterocycles. The molecule has 3 heterocycles. The first-order chi connectivity index (χ1) is 24.5. The summed E-state index contributed by atoms with van der Waals surface area (Å²) in [5.41, 5.74) is 10.7. The molecular weight excluding hydrogens is 656 g/mol. The molecule has 4 aromatic rings. The van der Waals surface area contributed by atoms with Crippen LogP contribution in [0.2, 0.25) is 0 Å². The number of carbonyl (C=O) groups is 4. The van der Waals surface area contributed by atoms with Gasteiger partial charge in [-0.05, 0) is 79.0 Å². The summed E-state index contributed by atoms with van der Waals surface area (Å²) in [6.07, 6.45) is 2.60. The van der Waals surface area contributed by atoms with Gasteiger partial charge in [-0.15, -0.1) is 0 Å². The summed E-state index contributed by atoms with van der Waals surface area (Å²) in [7, 11) is 0. The zero-order chi connectivity index (χ0) is 36.8. The van der Waals surface area contributed by atoms with Crippen LogP contribution in [0.3, 0.4) is 0 Å². The van der Waals surface area contributed by atoms with Crippen LogP contribution in [0.1, 0.15) is 36.2 Å². The van der Waals surface area contributed by atoms with Gasteiger partial charge in [-0.25, -0.2) is 15.0 Å². The Bertz CT molecular complexity index is 1790. The van der Waals surface area contributed by atoms with Crippen molar-refractivity contribution in [3.05, 3.63) is 89.7 Å². The molecule has 6 N–H and O–H groups in total. The van der Waals surface area contributed by atoms with Gasteiger partial charge in [0.05, 0.1) is 60.3 Å². The standard InChI is InChI=1S/C37H38N6O8/c38-16-4-2-1-3-7-25-12-14-26(15-13-25)27-17-32(30-10-5-8-28(39-30)19-42(21-34(44)45)22-35(46)47)41-33(18-27)31-11-6-9-29(40-31)20-43(23-36(48)49)24-37(50)51/h5-6,8-15,17-18H,1-2,4,16,19-24,38H2,(H,44,45)(H,46,47)(H,48,49)(H,50,51). The lowest BCUT2D eigenvalue weighted by atomic mass is 10.0. The Kier molecular flexibility index (Phi) is 13.8. The zero-order valence-electron chi connectivity index (χ0n) is 27.7. The van der Waals surface area contributed by atoms with Gasteiger partial charge >= 0.3 is 23.9 Å². The number of aromatic nitrogens is 3. The molecule has 14 nitrogen and oxygen atoms in total. The van der Waals surface area contributed by atoms with Gasteiger partial charge in [0.1, 0.15) is 0 Å². The first-order valence-electron chi connectivity index (χ1n) is 16.0. The van der Waals surface area contributed by atoms with Gasteiger partial charge in [0, 0.05) is 25.1 Å². The second-order valence-corrected chi connectivity index (χ2v) is 11.6. The van der Waals surface area contributed by atoms with E-state index in [2.05, 4.69) is 11.8 Å². The molecule has 0 spiro atoms. The van der Waals surface area contributed by atoms with Gasteiger partial charge in [0.2, 0.25) is 0 Å². The molecule has 1 aromatic carbocycles. The maximum Gasteiger partial charge on any atom is 0.317 e. The molecule has 14 heteroatoms. The number of pyridine rings is 3. The molecule has 264 valence electrons. The van der Waals surface area contributed by atoms with Crippen molar-refractivity contribution in [1.82, 2.24) is 24.8 Å². The number of hydrogen-bond donors (Lipinski definition) is 5. The molecule has 0 aliphatic rings. The molecule has 51 heavy (non-hydrogen) atoms. The monoisotopic (exact) mass is 694 g/mol. The van der Waals surface area contributed by atoms with Gasteiger partial charge < -0.3 is 26.2 Å². The van der Waals surface area contributed by atoms with Crippen molar-refractivity contribution in [3.8, 4) is 45.7 Å². The van der Waals surface area contributed by atoms with E-state index in [9.17, 15) is 39.6 Å². The zero-order valence-corrected chi connectivity index (χ0v) is 27.7. The van der Waals surface area contributed by atoms with Gasteiger partial charge in [-0.3, -0.25) is 29.0 Å². The van der Waals surface area contributed by atoms with E-state index in [1.165, 1.54) is 9.80 Å². The van der Waals surface area contributed by atoms with Crippen LogP contribution in [-0.4, -0.2) is 102 Å². The van der Waals surface area contributed by atoms with E-state index in [1.54, 1.807) is 36.4 Å². The number of carboxylic acids is 4. The summed E-state index contributed by atoms with van der Waals surface area (Å²) in [6.45, 7) is -1.36. The molecule has 0 bridgehead atoms. The van der Waals surface area contributed by atoms with E-state index in [-0.39, 0.29) is 13.1 Å². The van der Waals surface area contributed by atoms with Crippen molar-refractivity contribution >= 4 is 23.9 Å². The average Bonchev–Trinajstić information content (AvgIpc) is 3.07. The second kappa shape index (κ2) is 18.7. The number of benzene rings is 1. The Balaban J connectivity index is 1.74. The fourth-order valence-electron chi connectivity index (χ4n) is 5.21. The third-order valence-electron chi connectivity index (χ3n) is 7.38. The van der Waals surface area contributed by atoms with E-state index in [4.69, 9.17) is 20.7 Å². The fourth-order valence-corrected chi connectivity index (χ4v) is 5.21. The molecule has 0 aliphatic carbocycles. The van der Waals surface area contributed by atoms with Crippen molar-refractivity contribution in [2.24, 2.45) is 5.73 Å². The summed E-state index contributed by atoms with van der Waals surface area (Å²) in [5.74, 6) is 1.66. The first kappa shape index (κ1) is 37.8. The molecule has 0 aliphatic heterocycles. The number of rotatable bonds is 18. The van der Waals surface area contributed by atoms with E-state index >= 15 is 0 Å². The molecule has 0 unspecified atom stereocenters. The Labute approximate surface area is 294 Å². The highest BCUT2D eigenvalue weighted by Gasteiger charge is 2.18. The minimum atomic E-state index is -1.17. The number of nitrogens with zero attached hydrogens (tertiary/aromatic N) is 5. The minimum Gasteiger partial charge on any atom is -0.480 e. The summed E-state index contributed by atoms with van der Waals surface area (Å²) < 4.78 is 0. The highest BCUT2D eigenvalue weighted by Crippen LogP contribution is 2.30. The number of unbranched alkanes of at least 4 members (excludes halogenated alkanes) is 2. The van der Waals surface area contributed by atoms with Crippen LogP contribution in [-0.2, 0) is 32.3 Å². The van der Waals surface area contributed by atoms with Crippen molar-refractivity contribution in [2.75, 3.05) is 32.7 Å². The molecule has 0 amide bonds. The van der Waals surface area contributed by atoms with Crippen LogP contribution < -0.4 is 5.73 Å². The van der Waals surface area contributed by atoms with Gasteiger partial charge in [-0.1, -0.05) is 36.1 Å². The molecule has 0 radical (unpaired) electrons. The molecule has 0 saturated carbocycles. The smallest absolute Gasteiger partial charge is 0.317 e. The Morgan fingerprint density at radius 1 is 0.588 bits per heavy atom. The Morgan fingerprint density at radius 3 is 1.49 bits per heavy atom. The van der Waals surface area contributed by atoms with Crippen molar-refractivity contribution in [2.45, 2.75) is 32.4 Å². The molecular formula is C37H38N6O8. The summed E-state index contributed by atoms with van der Waals surface area (Å²) in [4.78, 5) is 62.2. The SMILES string of the molecule is NCCCCC#Cc1ccc(-c2cc(-c3cccc(CN(CC(=O)O)CC(=O)O)n3)nc(-c3cccc(CN(CC(=O)O)CC(=O)O)n3)c2)cc1. The Hall–Kier alpha value is -6.01. The number of aliphatic carboxylic acids is 4. The van der Waals surface area contributed by atoms with Crippen LogP contribution in [0, 0.1) is 11.8 Å². The first-order valence-corrected chi connectivity index (χ1v) is 16.0. The summed E-state index contributed by atoms with van der Waals surface area (Å²) in [6, 6.07) is 21.7. The molecule has 0 fully saturated rings. The lowest BCUT2D eigenvalue weighted by molar-refractivity contribution is -0.144. The van der Waals surface area contributed by atoms with E-state index in [0.29, 0.717) is 40.7 Å². The number of hydrogen-bond acceptors (Lipinski definition) is 10. The molecule has 4 rings (SSSR count). The van der Waals surface area contributed by atoms with Crippen LogP contribution in [0.4, 0.5) is 0 Å². The minimum absolute atomic E-state index is 0.0273. The molecule has 0 atom stereocenters. The predicted octanol–water partition coefficient (Wildman–Crippen LogP) is 3.30. The fraction of sp³-hybridized carbons (Fsp3) is 0.270. The largest absolute Gasteiger partial charge is 0.480 e. The normalized spacial score (nSPS) is 10.9. The van der Waals surface area contributed by atoms with Crippen LogP contribution in [0.15, 0.2) is 72.8 Å². The van der Waals surface area contributed by atoms with E-state index < -0.39 is 50.1 Å². The van der Waals surface area contributed by atoms with Crippen LogP contribution in [0.25, 0.3) is 33.9 Å². The number of nitrogens with two attached hydrogens (primary N) is 1. The molecule has 3 aromatic heterocycles. The second-order valence-electron chi connectivity index (χ2n) is 11.6. The quantitative estimate of drug-likeness (QED) is 0.0746.